The van der Waals surface area contributed by atoms with E-state index in [0.29, 0.717) is 19.4 Å². The van der Waals surface area contributed by atoms with E-state index in [1.165, 1.54) is 6.92 Å². The van der Waals surface area contributed by atoms with Crippen molar-refractivity contribution in [2.24, 2.45) is 11.8 Å². The third-order valence-corrected chi connectivity index (χ3v) is 6.74. The topological polar surface area (TPSA) is 195 Å². The van der Waals surface area contributed by atoms with Crippen molar-refractivity contribution in [2.75, 3.05) is 26.4 Å². The molecule has 2 saturated heterocycles. The Hall–Kier alpha value is -1.15. The van der Waals surface area contributed by atoms with Crippen LogP contribution in [0.5, 0.6) is 0 Å². The maximum absolute atomic E-state index is 12.8. The molecule has 0 radical (unpaired) electrons. The van der Waals surface area contributed by atoms with Gasteiger partial charge in [0.05, 0.1) is 25.9 Å². The number of aliphatic hydroxyl groups is 3. The zero-order chi connectivity index (χ0) is 26.3. The molecule has 2 fully saturated rings. The maximum Gasteiger partial charge on any atom is 0.469 e. The van der Waals surface area contributed by atoms with Crippen LogP contribution in [-0.2, 0) is 28.2 Å². The molecule has 0 aromatic heterocycles. The van der Waals surface area contributed by atoms with Gasteiger partial charge >= 0.3 is 7.82 Å². The highest BCUT2D eigenvalue weighted by Gasteiger charge is 2.45. The van der Waals surface area contributed by atoms with E-state index in [1.807, 2.05) is 13.8 Å². The lowest BCUT2D eigenvalue weighted by Gasteiger charge is -2.42. The Labute approximate surface area is 205 Å². The van der Waals surface area contributed by atoms with E-state index in [9.17, 15) is 29.5 Å². The summed E-state index contributed by atoms with van der Waals surface area (Å²) in [5.41, 5.74) is 0. The molecule has 204 valence electrons. The second-order valence-corrected chi connectivity index (χ2v) is 10.8. The van der Waals surface area contributed by atoms with E-state index in [0.717, 1.165) is 6.42 Å². The van der Waals surface area contributed by atoms with Gasteiger partial charge in [0, 0.05) is 19.9 Å². The van der Waals surface area contributed by atoms with Gasteiger partial charge in [-0.05, 0) is 31.1 Å². The lowest BCUT2D eigenvalue weighted by Crippen LogP contribution is -2.64. The smallest absolute Gasteiger partial charge is 0.394 e. The summed E-state index contributed by atoms with van der Waals surface area (Å²) in [5, 5.41) is 32.3. The zero-order valence-corrected chi connectivity index (χ0v) is 21.3. The van der Waals surface area contributed by atoms with Gasteiger partial charge in [0.2, 0.25) is 11.8 Å². The molecule has 2 rings (SSSR count). The number of carbonyl (C=O) groups excluding carboxylic acids is 2. The fourth-order valence-electron chi connectivity index (χ4n) is 4.65. The molecule has 0 aliphatic carbocycles. The van der Waals surface area contributed by atoms with Crippen LogP contribution < -0.4 is 5.32 Å². The van der Waals surface area contributed by atoms with Crippen LogP contribution in [0.2, 0.25) is 0 Å². The Morgan fingerprint density at radius 2 is 1.89 bits per heavy atom. The molecule has 0 aromatic carbocycles. The summed E-state index contributed by atoms with van der Waals surface area (Å²) in [7, 11) is -4.60. The molecule has 2 amide bonds. The van der Waals surface area contributed by atoms with Crippen molar-refractivity contribution >= 4 is 19.6 Å². The summed E-state index contributed by atoms with van der Waals surface area (Å²) in [6.45, 7) is 5.06. The molecule has 7 unspecified atom stereocenters. The van der Waals surface area contributed by atoms with Crippen molar-refractivity contribution in [1.29, 1.82) is 0 Å². The Kier molecular flexibility index (Phi) is 11.5. The Morgan fingerprint density at radius 1 is 1.20 bits per heavy atom. The van der Waals surface area contributed by atoms with E-state index in [4.69, 9.17) is 19.3 Å². The predicted molar refractivity (Wildman–Crippen MR) is 122 cm³/mol. The van der Waals surface area contributed by atoms with Crippen molar-refractivity contribution in [3.63, 3.8) is 0 Å². The Bertz CT molecular complexity index is 751. The minimum Gasteiger partial charge on any atom is -0.394 e. The number of likely N-dealkylation sites (tertiary alicyclic amines) is 1. The highest BCUT2D eigenvalue weighted by Crippen LogP contribution is 2.37. The SMILES string of the molecule is CC(=O)NC1C(OCC(C)CC(C)CC(=O)N2CCC[C@H]2COP(=O)(O)O)OC(CO)C(O)C1O. The normalized spacial score (nSPS) is 31.3. The Balaban J connectivity index is 1.85. The van der Waals surface area contributed by atoms with Gasteiger partial charge in [-0.15, -0.1) is 0 Å². The summed E-state index contributed by atoms with van der Waals surface area (Å²) in [5.74, 6) is -0.580. The van der Waals surface area contributed by atoms with Crippen molar-refractivity contribution in [3.05, 3.63) is 0 Å². The Morgan fingerprint density at radius 3 is 2.49 bits per heavy atom. The second-order valence-electron chi connectivity index (χ2n) is 9.59. The largest absolute Gasteiger partial charge is 0.469 e. The molecule has 2 heterocycles. The van der Waals surface area contributed by atoms with E-state index < -0.39 is 51.0 Å². The number of phosphoric ester groups is 1. The number of nitrogens with zero attached hydrogens (tertiary/aromatic N) is 1. The fraction of sp³-hybridized carbons (Fsp3) is 0.905. The summed E-state index contributed by atoms with van der Waals surface area (Å²) in [4.78, 5) is 43.7. The van der Waals surface area contributed by atoms with E-state index >= 15 is 0 Å². The maximum atomic E-state index is 12.8. The molecule has 0 aromatic rings. The summed E-state index contributed by atoms with van der Waals surface area (Å²) in [6, 6.07) is -1.38. The second kappa shape index (κ2) is 13.4. The number of ether oxygens (including phenoxy) is 2. The van der Waals surface area contributed by atoms with Crippen molar-refractivity contribution < 1.29 is 53.3 Å². The number of nitrogens with one attached hydrogen (secondary N) is 1. The van der Waals surface area contributed by atoms with E-state index in [2.05, 4.69) is 9.84 Å². The zero-order valence-electron chi connectivity index (χ0n) is 20.4. The first-order valence-electron chi connectivity index (χ1n) is 11.8. The van der Waals surface area contributed by atoms with E-state index in [-0.39, 0.29) is 43.4 Å². The molecule has 8 atom stereocenters. The molecule has 2 aliphatic heterocycles. The summed E-state index contributed by atoms with van der Waals surface area (Å²) in [6.07, 6.45) is -2.67. The minimum atomic E-state index is -4.60. The first-order chi connectivity index (χ1) is 16.3. The molecule has 6 N–H and O–H groups in total. The number of phosphoric acid groups is 1. The van der Waals surface area contributed by atoms with Gasteiger partial charge in [0.25, 0.3) is 0 Å². The molecule has 35 heavy (non-hydrogen) atoms. The third kappa shape index (κ3) is 9.34. The van der Waals surface area contributed by atoms with Gasteiger partial charge in [0.1, 0.15) is 24.4 Å². The van der Waals surface area contributed by atoms with Crippen LogP contribution >= 0.6 is 7.82 Å². The van der Waals surface area contributed by atoms with Gasteiger partial charge in [-0.1, -0.05) is 13.8 Å². The van der Waals surface area contributed by atoms with Crippen LogP contribution in [0.4, 0.5) is 0 Å². The van der Waals surface area contributed by atoms with Crippen molar-refractivity contribution in [1.82, 2.24) is 10.2 Å². The number of hydrogen-bond acceptors (Lipinski definition) is 9. The standard InChI is InChI=1S/C21H39N2O11P/c1-12(8-17(26)23-6-4-5-15(23)11-33-35(29,30)31)7-13(2)10-32-21-18(22-14(3)25)20(28)19(27)16(9-24)34-21/h12-13,15-16,18-21,24,27-28H,4-11H2,1-3H3,(H,22,25)(H2,29,30,31)/t12?,13?,15-,16?,18?,19?,20?,21?/m0/s1. The van der Waals surface area contributed by atoms with Crippen LogP contribution in [-0.4, -0.2) is 105 Å². The van der Waals surface area contributed by atoms with Gasteiger partial charge < -0.3 is 44.8 Å². The first-order valence-corrected chi connectivity index (χ1v) is 13.4. The van der Waals surface area contributed by atoms with Crippen LogP contribution in [0.25, 0.3) is 0 Å². The molecular formula is C21H39N2O11P. The molecule has 2 aliphatic rings. The first kappa shape index (κ1) is 30.1. The highest BCUT2D eigenvalue weighted by atomic mass is 31.2. The number of carbonyl (C=O) groups is 2. The molecule has 0 saturated carbocycles. The van der Waals surface area contributed by atoms with Gasteiger partial charge in [0.15, 0.2) is 6.29 Å². The van der Waals surface area contributed by atoms with Crippen LogP contribution in [0.1, 0.15) is 46.5 Å². The third-order valence-electron chi connectivity index (χ3n) is 6.26. The van der Waals surface area contributed by atoms with Crippen LogP contribution in [0.15, 0.2) is 0 Å². The van der Waals surface area contributed by atoms with Crippen molar-refractivity contribution in [2.45, 2.75) is 83.1 Å². The molecule has 0 bridgehead atoms. The predicted octanol–water partition coefficient (Wildman–Crippen LogP) is -0.901. The summed E-state index contributed by atoms with van der Waals surface area (Å²) >= 11 is 0. The van der Waals surface area contributed by atoms with Crippen LogP contribution in [0, 0.1) is 11.8 Å². The fourth-order valence-corrected chi connectivity index (χ4v) is 5.01. The van der Waals surface area contributed by atoms with Gasteiger partial charge in [-0.25, -0.2) is 4.57 Å². The number of amides is 2. The average molecular weight is 527 g/mol. The summed E-state index contributed by atoms with van der Waals surface area (Å²) < 4.78 is 26.9. The van der Waals surface area contributed by atoms with Crippen molar-refractivity contribution in [3.8, 4) is 0 Å². The number of aliphatic hydroxyl groups excluding tert-OH is 3. The highest BCUT2D eigenvalue weighted by molar-refractivity contribution is 7.46. The number of rotatable bonds is 12. The van der Waals surface area contributed by atoms with Gasteiger partial charge in [-0.3, -0.25) is 14.1 Å². The lowest BCUT2D eigenvalue weighted by molar-refractivity contribution is -0.272. The average Bonchev–Trinajstić information content (AvgIpc) is 3.23. The lowest BCUT2D eigenvalue weighted by atomic mass is 9.94. The number of hydrogen-bond donors (Lipinski definition) is 6. The quantitative estimate of drug-likeness (QED) is 0.172. The van der Waals surface area contributed by atoms with E-state index in [1.54, 1.807) is 4.90 Å². The monoisotopic (exact) mass is 526 g/mol. The molecular weight excluding hydrogens is 487 g/mol. The molecule has 13 nitrogen and oxygen atoms in total. The van der Waals surface area contributed by atoms with Gasteiger partial charge in [-0.2, -0.15) is 0 Å². The van der Waals surface area contributed by atoms with Crippen LogP contribution in [0.3, 0.4) is 0 Å². The minimum absolute atomic E-state index is 0.0129. The molecule has 14 heteroatoms. The molecule has 0 spiro atoms.